The van der Waals surface area contributed by atoms with Crippen LogP contribution in [0.5, 0.6) is 0 Å². The summed E-state index contributed by atoms with van der Waals surface area (Å²) in [6.07, 6.45) is 11.3. The number of allylic oxidation sites excluding steroid dienone is 14. The maximum atomic E-state index is 12.8. The number of hydrogen-bond donors (Lipinski definition) is 0. The molecule has 0 aromatic rings. The van der Waals surface area contributed by atoms with E-state index in [-0.39, 0.29) is 53.2 Å². The van der Waals surface area contributed by atoms with Crippen molar-refractivity contribution in [1.29, 1.82) is 0 Å². The molecule has 2 heterocycles. The normalized spacial score (nSPS) is 23.6. The molecule has 1 atom stereocenters. The predicted molar refractivity (Wildman–Crippen MR) is 103 cm³/mol. The fourth-order valence-electron chi connectivity index (χ4n) is 3.15. The van der Waals surface area contributed by atoms with Crippen LogP contribution >= 0.6 is 0 Å². The topological polar surface area (TPSA) is 57.2 Å². The van der Waals surface area contributed by atoms with Gasteiger partial charge in [-0.3, -0.25) is 0 Å². The van der Waals surface area contributed by atoms with Crippen LogP contribution in [0.4, 0.5) is 0 Å². The molecule has 26 heavy (non-hydrogen) atoms. The van der Waals surface area contributed by atoms with E-state index in [2.05, 4.69) is 27.7 Å². The fraction of sp³-hybridized carbons (Fsp3) is 0.238. The molecule has 3 aliphatic rings. The Morgan fingerprint density at radius 3 is 1.77 bits per heavy atom. The van der Waals surface area contributed by atoms with Gasteiger partial charge >= 0.3 is 175 Å². The van der Waals surface area contributed by atoms with E-state index in [9.17, 15) is 14.7 Å². The average Bonchev–Trinajstić information content (AvgIpc) is 2.71. The first-order valence-corrected chi connectivity index (χ1v) is 12.9. The average molecular weight is 575 g/mol. The van der Waals surface area contributed by atoms with E-state index in [0.717, 1.165) is 11.1 Å². The SMILES string of the molecule is CC1=CC(=CC2=C([O-])C(=O)C(C=C3C=C(C)[Te]C(C)=C3)C2=O)C=C(C)[Te]1. The Labute approximate surface area is 174 Å². The Kier molecular flexibility index (Phi) is 5.95. The molecular weight excluding hydrogens is 555 g/mol. The molecule has 0 N–H and O–H groups in total. The van der Waals surface area contributed by atoms with Gasteiger partial charge in [0.2, 0.25) is 0 Å². The standard InChI is InChI=1S/C21H20O3Te2/c1-11-5-15(6-12(2)25-11)9-17-19(22)18(21(24)20(17)23)10-16-7-13(3)26-14(4)8-16/h5-10,17,24H,1-4H3/p-1. The molecule has 0 spiro atoms. The molecule has 3 rings (SSSR count). The molecule has 1 unspecified atom stereocenters. The first kappa shape index (κ1) is 19.7. The summed E-state index contributed by atoms with van der Waals surface area (Å²) in [4.78, 5) is 25.2. The first-order valence-electron chi connectivity index (χ1n) is 8.26. The molecule has 0 saturated carbocycles. The van der Waals surface area contributed by atoms with Gasteiger partial charge in [0.05, 0.1) is 0 Å². The van der Waals surface area contributed by atoms with Crippen LogP contribution in [-0.2, 0) is 9.59 Å². The molecule has 0 radical (unpaired) electrons. The van der Waals surface area contributed by atoms with Gasteiger partial charge in [0.25, 0.3) is 0 Å². The molecule has 0 bridgehead atoms. The first-order chi connectivity index (χ1) is 12.2. The van der Waals surface area contributed by atoms with Crippen molar-refractivity contribution >= 4 is 53.4 Å². The van der Waals surface area contributed by atoms with Crippen molar-refractivity contribution in [2.45, 2.75) is 27.7 Å². The maximum absolute atomic E-state index is 12.8. The van der Waals surface area contributed by atoms with E-state index in [4.69, 9.17) is 0 Å². The van der Waals surface area contributed by atoms with Crippen molar-refractivity contribution in [2.75, 3.05) is 0 Å². The molecule has 0 aromatic heterocycles. The second-order valence-electron chi connectivity index (χ2n) is 6.48. The van der Waals surface area contributed by atoms with Gasteiger partial charge < -0.3 is 0 Å². The molecule has 3 nitrogen and oxygen atoms in total. The molecule has 0 fully saturated rings. The van der Waals surface area contributed by atoms with Crippen LogP contribution in [0.15, 0.2) is 73.4 Å². The molecular formula is C21H19O3Te2-. The predicted octanol–water partition coefficient (Wildman–Crippen LogP) is 2.27. The number of Topliss-reactive ketones (excluding diaryl/α,β-unsaturated/α-hetero) is 2. The van der Waals surface area contributed by atoms with Crippen LogP contribution < -0.4 is 5.11 Å². The monoisotopic (exact) mass is 579 g/mol. The molecule has 0 saturated heterocycles. The molecule has 1 aliphatic carbocycles. The molecule has 5 heteroatoms. The molecule has 134 valence electrons. The quantitative estimate of drug-likeness (QED) is 0.376. The van der Waals surface area contributed by atoms with Crippen LogP contribution in [0.1, 0.15) is 27.7 Å². The minimum absolute atomic E-state index is 0.0217. The van der Waals surface area contributed by atoms with E-state index in [1.807, 2.05) is 24.3 Å². The zero-order valence-electron chi connectivity index (χ0n) is 15.1. The van der Waals surface area contributed by atoms with Crippen LogP contribution in [0.3, 0.4) is 0 Å². The van der Waals surface area contributed by atoms with Crippen molar-refractivity contribution in [2.24, 2.45) is 5.92 Å². The van der Waals surface area contributed by atoms with E-state index in [1.54, 1.807) is 12.2 Å². The molecule has 0 aromatic carbocycles. The second-order valence-corrected chi connectivity index (χ2v) is 15.0. The van der Waals surface area contributed by atoms with Crippen molar-refractivity contribution in [3.8, 4) is 0 Å². The number of ketones is 2. The minimum atomic E-state index is -0.983. The van der Waals surface area contributed by atoms with Crippen molar-refractivity contribution in [3.05, 3.63) is 73.4 Å². The van der Waals surface area contributed by atoms with Crippen molar-refractivity contribution < 1.29 is 14.7 Å². The Balaban J connectivity index is 1.94. The van der Waals surface area contributed by atoms with Gasteiger partial charge in [-0.1, -0.05) is 0 Å². The van der Waals surface area contributed by atoms with Gasteiger partial charge in [-0.25, -0.2) is 0 Å². The summed E-state index contributed by atoms with van der Waals surface area (Å²) in [5.41, 5.74) is 1.72. The second kappa shape index (κ2) is 7.87. The van der Waals surface area contributed by atoms with Crippen LogP contribution in [-0.4, -0.2) is 53.4 Å². The summed E-state index contributed by atoms with van der Waals surface area (Å²) in [5, 5.41) is 12.4. The summed E-state index contributed by atoms with van der Waals surface area (Å²) >= 11 is -0.564. The Bertz CT molecular complexity index is 881. The van der Waals surface area contributed by atoms with Crippen LogP contribution in [0.2, 0.25) is 0 Å². The molecule has 0 amide bonds. The van der Waals surface area contributed by atoms with E-state index >= 15 is 0 Å². The summed E-state index contributed by atoms with van der Waals surface area (Å²) in [5.74, 6) is -2.63. The summed E-state index contributed by atoms with van der Waals surface area (Å²) in [6.45, 7) is 8.30. The summed E-state index contributed by atoms with van der Waals surface area (Å²) in [6, 6.07) is 0. The van der Waals surface area contributed by atoms with E-state index in [1.165, 1.54) is 14.5 Å². The van der Waals surface area contributed by atoms with E-state index < -0.39 is 17.5 Å². The van der Waals surface area contributed by atoms with Gasteiger partial charge in [-0.2, -0.15) is 0 Å². The fourth-order valence-corrected chi connectivity index (χ4v) is 8.27. The molecule has 2 aliphatic heterocycles. The third kappa shape index (κ3) is 4.24. The van der Waals surface area contributed by atoms with Gasteiger partial charge in [-0.15, -0.1) is 0 Å². The number of rotatable bonds is 2. The van der Waals surface area contributed by atoms with Gasteiger partial charge in [0.1, 0.15) is 0 Å². The number of carbonyl (C=O) groups is 2. The van der Waals surface area contributed by atoms with Gasteiger partial charge in [0, 0.05) is 0 Å². The van der Waals surface area contributed by atoms with Gasteiger partial charge in [0.15, 0.2) is 0 Å². The third-order valence-corrected chi connectivity index (χ3v) is 9.11. The Hall–Kier alpha value is -1.10. The number of carbonyl (C=O) groups excluding carboxylic acids is 2. The van der Waals surface area contributed by atoms with Crippen molar-refractivity contribution in [1.82, 2.24) is 0 Å². The Morgan fingerprint density at radius 1 is 0.808 bits per heavy atom. The summed E-state index contributed by atoms with van der Waals surface area (Å²) < 4.78 is 5.23. The Morgan fingerprint density at radius 2 is 1.27 bits per heavy atom. The number of hydrogen-bond acceptors (Lipinski definition) is 3. The van der Waals surface area contributed by atoms with Gasteiger partial charge in [-0.05, 0) is 0 Å². The summed E-state index contributed by atoms with van der Waals surface area (Å²) in [7, 11) is 0. The third-order valence-electron chi connectivity index (χ3n) is 4.09. The van der Waals surface area contributed by atoms with E-state index in [0.29, 0.717) is 0 Å². The van der Waals surface area contributed by atoms with Crippen LogP contribution in [0.25, 0.3) is 0 Å². The van der Waals surface area contributed by atoms with Crippen LogP contribution in [0, 0.1) is 5.92 Å². The zero-order chi connectivity index (χ0) is 19.0. The van der Waals surface area contributed by atoms with Crippen molar-refractivity contribution in [3.63, 3.8) is 0 Å². The zero-order valence-corrected chi connectivity index (χ0v) is 19.7.